The van der Waals surface area contributed by atoms with E-state index in [0.717, 1.165) is 0 Å². The van der Waals surface area contributed by atoms with Crippen LogP contribution in [0, 0.1) is 0 Å². The van der Waals surface area contributed by atoms with Gasteiger partial charge < -0.3 is 27.2 Å². The number of hydrogen-bond donors (Lipinski definition) is 5. The quantitative estimate of drug-likeness (QED) is 0.308. The first-order valence-corrected chi connectivity index (χ1v) is 9.57. The van der Waals surface area contributed by atoms with Crippen LogP contribution in [0.3, 0.4) is 0 Å². The number of carbonyl (C=O) groups excluding carboxylic acids is 2. The third kappa shape index (κ3) is 14.6. The molecule has 2 rings (SSSR count). The van der Waals surface area contributed by atoms with Gasteiger partial charge in [0, 0.05) is 35.6 Å². The van der Waals surface area contributed by atoms with E-state index in [2.05, 4.69) is 30.4 Å². The van der Waals surface area contributed by atoms with Crippen molar-refractivity contribution in [3.05, 3.63) is 86.5 Å². The Kier molecular flexibility index (Phi) is 14.2. The van der Waals surface area contributed by atoms with Gasteiger partial charge in [-0.1, -0.05) is 30.4 Å². The molecule has 0 saturated carbocycles. The third-order valence-corrected chi connectivity index (χ3v) is 3.32. The maximum absolute atomic E-state index is 11.4. The van der Waals surface area contributed by atoms with E-state index in [9.17, 15) is 14.4 Å². The normalized spacial score (nSPS) is 8.88. The van der Waals surface area contributed by atoms with Gasteiger partial charge in [0.25, 0.3) is 0 Å². The Labute approximate surface area is 188 Å². The summed E-state index contributed by atoms with van der Waals surface area (Å²) in [6.07, 6.45) is 4.98. The summed E-state index contributed by atoms with van der Waals surface area (Å²) in [7, 11) is 0. The molecule has 0 atom stereocenters. The summed E-state index contributed by atoms with van der Waals surface area (Å²) in [5, 5.41) is 13.3. The van der Waals surface area contributed by atoms with Gasteiger partial charge in [0.15, 0.2) is 0 Å². The summed E-state index contributed by atoms with van der Waals surface area (Å²) in [5.41, 5.74) is 13.5. The number of anilines is 4. The molecule has 7 N–H and O–H groups in total. The van der Waals surface area contributed by atoms with Crippen molar-refractivity contribution in [2.24, 2.45) is 0 Å². The smallest absolute Gasteiger partial charge is 0.307 e. The average Bonchev–Trinajstić information content (AvgIpc) is 2.69. The minimum atomic E-state index is -0.829. The maximum atomic E-state index is 11.4. The van der Waals surface area contributed by atoms with Gasteiger partial charge in [0.1, 0.15) is 0 Å². The van der Waals surface area contributed by atoms with E-state index >= 15 is 0 Å². The molecule has 0 saturated heterocycles. The Morgan fingerprint density at radius 2 is 1.16 bits per heavy atom. The zero-order valence-electron chi connectivity index (χ0n) is 17.9. The lowest BCUT2D eigenvalue weighted by Gasteiger charge is -2.07. The minimum absolute atomic E-state index is 0.0556. The Morgan fingerprint density at radius 1 is 0.750 bits per heavy atom. The molecule has 0 aromatic heterocycles. The van der Waals surface area contributed by atoms with E-state index in [1.807, 2.05) is 6.07 Å². The van der Waals surface area contributed by atoms with Gasteiger partial charge in [-0.3, -0.25) is 14.4 Å². The third-order valence-electron chi connectivity index (χ3n) is 3.32. The summed E-state index contributed by atoms with van der Waals surface area (Å²) in [6.45, 7) is 10.2. The molecule has 0 aliphatic heterocycles. The van der Waals surface area contributed by atoms with Crippen molar-refractivity contribution in [1.29, 1.82) is 0 Å². The van der Waals surface area contributed by atoms with Gasteiger partial charge in [0.2, 0.25) is 11.8 Å². The van der Waals surface area contributed by atoms with Crippen molar-refractivity contribution >= 4 is 40.5 Å². The second kappa shape index (κ2) is 16.5. The molecule has 0 aliphatic rings. The molecule has 2 amide bonds. The van der Waals surface area contributed by atoms with E-state index in [0.29, 0.717) is 22.7 Å². The number of carboxylic acid groups (broad SMARTS) is 1. The number of carbonyl (C=O) groups is 3. The predicted octanol–water partition coefficient (Wildman–Crippen LogP) is 4.21. The van der Waals surface area contributed by atoms with Crippen LogP contribution in [-0.4, -0.2) is 22.9 Å². The van der Waals surface area contributed by atoms with Gasteiger partial charge in [-0.2, -0.15) is 0 Å². The van der Waals surface area contributed by atoms with Gasteiger partial charge in [-0.15, -0.1) is 19.7 Å². The van der Waals surface area contributed by atoms with Crippen molar-refractivity contribution in [2.75, 3.05) is 22.1 Å². The fraction of sp³-hybridized carbons (Fsp3) is 0.125. The van der Waals surface area contributed by atoms with Crippen LogP contribution >= 0.6 is 0 Å². The van der Waals surface area contributed by atoms with E-state index in [1.165, 1.54) is 18.2 Å². The number of nitrogens with two attached hydrogens (primary N) is 2. The molecule has 0 unspecified atom stereocenters. The molecular formula is C24H30N4O4. The van der Waals surface area contributed by atoms with Crippen LogP contribution in [0.1, 0.15) is 19.3 Å². The summed E-state index contributed by atoms with van der Waals surface area (Å²) >= 11 is 0. The number of hydrogen-bond acceptors (Lipinski definition) is 5. The van der Waals surface area contributed by atoms with Gasteiger partial charge >= 0.3 is 5.97 Å². The number of nitrogen functional groups attached to an aromatic ring is 2. The highest BCUT2D eigenvalue weighted by molar-refractivity contribution is 5.94. The Hall–Kier alpha value is -4.33. The molecule has 8 nitrogen and oxygen atoms in total. The van der Waals surface area contributed by atoms with Crippen LogP contribution in [0.15, 0.2) is 86.5 Å². The predicted molar refractivity (Wildman–Crippen MR) is 131 cm³/mol. The molecule has 170 valence electrons. The summed E-state index contributed by atoms with van der Waals surface area (Å²) in [4.78, 5) is 32.3. The van der Waals surface area contributed by atoms with Gasteiger partial charge in [-0.05, 0) is 36.4 Å². The van der Waals surface area contributed by atoms with Crippen molar-refractivity contribution in [2.45, 2.75) is 19.3 Å². The molecular weight excluding hydrogens is 408 g/mol. The van der Waals surface area contributed by atoms with Crippen molar-refractivity contribution in [3.8, 4) is 0 Å². The molecule has 0 aliphatic carbocycles. The second-order valence-electron chi connectivity index (χ2n) is 6.22. The fourth-order valence-corrected chi connectivity index (χ4v) is 2.04. The molecule has 0 bridgehead atoms. The highest BCUT2D eigenvalue weighted by Crippen LogP contribution is 2.15. The van der Waals surface area contributed by atoms with Crippen LogP contribution in [-0.2, 0) is 14.4 Å². The van der Waals surface area contributed by atoms with Crippen LogP contribution in [0.5, 0.6) is 0 Å². The molecule has 0 spiro atoms. The first-order chi connectivity index (χ1) is 15.2. The van der Waals surface area contributed by atoms with Gasteiger partial charge in [0.05, 0.1) is 6.42 Å². The molecule has 2 aromatic rings. The SMILES string of the molecule is C=CCC(=O)Nc1cccc(NC(=O)CC=C)c1.C=CCC(=O)O.Nc1cccc(N)c1. The Balaban J connectivity index is 0.000000562. The summed E-state index contributed by atoms with van der Waals surface area (Å²) in [6, 6.07) is 14.1. The summed E-state index contributed by atoms with van der Waals surface area (Å²) in [5.74, 6) is -1.11. The van der Waals surface area contributed by atoms with Crippen LogP contribution in [0.4, 0.5) is 22.7 Å². The topological polar surface area (TPSA) is 148 Å². The van der Waals surface area contributed by atoms with E-state index in [-0.39, 0.29) is 31.1 Å². The van der Waals surface area contributed by atoms with Crippen LogP contribution in [0.25, 0.3) is 0 Å². The number of carboxylic acids is 1. The highest BCUT2D eigenvalue weighted by atomic mass is 16.4. The average molecular weight is 439 g/mol. The number of benzene rings is 2. The lowest BCUT2D eigenvalue weighted by molar-refractivity contribution is -0.136. The van der Waals surface area contributed by atoms with Crippen molar-refractivity contribution in [1.82, 2.24) is 0 Å². The number of amides is 2. The van der Waals surface area contributed by atoms with E-state index in [4.69, 9.17) is 16.6 Å². The lowest BCUT2D eigenvalue weighted by Crippen LogP contribution is -2.12. The highest BCUT2D eigenvalue weighted by Gasteiger charge is 2.03. The van der Waals surface area contributed by atoms with Crippen LogP contribution in [0.2, 0.25) is 0 Å². The maximum Gasteiger partial charge on any atom is 0.307 e. The summed E-state index contributed by atoms with van der Waals surface area (Å²) < 4.78 is 0. The van der Waals surface area contributed by atoms with E-state index in [1.54, 1.807) is 42.5 Å². The second-order valence-corrected chi connectivity index (χ2v) is 6.22. The molecule has 0 heterocycles. The van der Waals surface area contributed by atoms with Crippen molar-refractivity contribution < 1.29 is 19.5 Å². The van der Waals surface area contributed by atoms with Crippen LogP contribution < -0.4 is 22.1 Å². The number of aliphatic carboxylic acids is 1. The molecule has 2 aromatic carbocycles. The Bertz CT molecular complexity index is 869. The minimum Gasteiger partial charge on any atom is -0.481 e. The first-order valence-electron chi connectivity index (χ1n) is 9.57. The molecule has 8 heteroatoms. The standard InChI is InChI=1S/C14H16N2O2.C6H8N2.C4H6O2/c1-3-6-13(17)15-11-8-5-9-12(10-11)16-14(18)7-4-2;7-5-2-1-3-6(8)4-5;1-2-3-4(5)6/h3-5,8-10H,1-2,6-7H2,(H,15,17)(H,16,18);1-4H,7-8H2;2H,1,3H2,(H,5,6). The Morgan fingerprint density at radius 3 is 1.44 bits per heavy atom. The van der Waals surface area contributed by atoms with Crippen molar-refractivity contribution in [3.63, 3.8) is 0 Å². The fourth-order valence-electron chi connectivity index (χ4n) is 2.04. The largest absolute Gasteiger partial charge is 0.481 e. The lowest BCUT2D eigenvalue weighted by atomic mass is 10.2. The molecule has 32 heavy (non-hydrogen) atoms. The molecule has 0 radical (unpaired) electrons. The number of nitrogens with one attached hydrogen (secondary N) is 2. The number of rotatable bonds is 8. The zero-order chi connectivity index (χ0) is 24.4. The van der Waals surface area contributed by atoms with E-state index < -0.39 is 5.97 Å². The zero-order valence-corrected chi connectivity index (χ0v) is 17.9. The molecule has 0 fully saturated rings. The van der Waals surface area contributed by atoms with Gasteiger partial charge in [-0.25, -0.2) is 0 Å². The first kappa shape index (κ1) is 27.7. The monoisotopic (exact) mass is 438 g/mol.